The lowest BCUT2D eigenvalue weighted by Crippen LogP contribution is -2.66. The predicted molar refractivity (Wildman–Crippen MR) is 84.1 cm³/mol. The van der Waals surface area contributed by atoms with E-state index in [1.54, 1.807) is 0 Å². The van der Waals surface area contributed by atoms with E-state index in [2.05, 4.69) is 12.2 Å². The van der Waals surface area contributed by atoms with Crippen LogP contribution in [0.15, 0.2) is 0 Å². The van der Waals surface area contributed by atoms with Gasteiger partial charge in [0, 0.05) is 24.1 Å². The maximum Gasteiger partial charge on any atom is 0.151 e. The summed E-state index contributed by atoms with van der Waals surface area (Å²) < 4.78 is 29.6. The molecule has 0 radical (unpaired) electrons. The maximum atomic E-state index is 11.8. The maximum absolute atomic E-state index is 11.8. The smallest absolute Gasteiger partial charge is 0.151 e. The summed E-state index contributed by atoms with van der Waals surface area (Å²) in [7, 11) is -2.82. The van der Waals surface area contributed by atoms with Crippen molar-refractivity contribution >= 4 is 9.84 Å². The Morgan fingerprint density at radius 3 is 2.62 bits per heavy atom. The average molecular weight is 315 g/mol. The first-order chi connectivity index (χ1) is 10.1. The molecule has 0 aromatic heterocycles. The molecule has 122 valence electrons. The second kappa shape index (κ2) is 6.17. The molecule has 3 atom stereocenters. The van der Waals surface area contributed by atoms with E-state index in [1.807, 2.05) is 0 Å². The van der Waals surface area contributed by atoms with E-state index in [1.165, 1.54) is 32.1 Å². The van der Waals surface area contributed by atoms with Gasteiger partial charge in [0.2, 0.25) is 0 Å². The summed E-state index contributed by atoms with van der Waals surface area (Å²) in [4.78, 5) is 0. The van der Waals surface area contributed by atoms with Gasteiger partial charge in [-0.05, 0) is 39.0 Å². The van der Waals surface area contributed by atoms with Gasteiger partial charge in [-0.3, -0.25) is 0 Å². The first-order valence-electron chi connectivity index (χ1n) is 8.64. The zero-order valence-electron chi connectivity index (χ0n) is 13.1. The van der Waals surface area contributed by atoms with Crippen LogP contribution in [0.4, 0.5) is 0 Å². The van der Waals surface area contributed by atoms with Crippen LogP contribution in [0.25, 0.3) is 0 Å². The molecule has 5 heteroatoms. The SMILES string of the molecule is CCOC1CC(NC2CCCS(=O)(=O)C2)C12CCCCC2. The molecule has 3 rings (SSSR count). The van der Waals surface area contributed by atoms with Gasteiger partial charge in [0.1, 0.15) is 0 Å². The molecule has 1 aliphatic heterocycles. The van der Waals surface area contributed by atoms with Crippen LogP contribution in [-0.2, 0) is 14.6 Å². The van der Waals surface area contributed by atoms with Crippen molar-refractivity contribution in [3.63, 3.8) is 0 Å². The van der Waals surface area contributed by atoms with Crippen molar-refractivity contribution < 1.29 is 13.2 Å². The fourth-order valence-electron chi connectivity index (χ4n) is 4.74. The molecule has 1 heterocycles. The van der Waals surface area contributed by atoms with Crippen LogP contribution in [0.5, 0.6) is 0 Å². The Hall–Kier alpha value is -0.130. The van der Waals surface area contributed by atoms with E-state index >= 15 is 0 Å². The Morgan fingerprint density at radius 1 is 1.19 bits per heavy atom. The molecule has 1 N–H and O–H groups in total. The number of hydrogen-bond acceptors (Lipinski definition) is 4. The molecule has 0 aromatic rings. The molecular formula is C16H29NO3S. The standard InChI is InChI=1S/C16H29NO3S/c1-2-20-15-11-14(16(15)8-4-3-5-9-16)17-13-7-6-10-21(18,19)12-13/h13-15,17H,2-12H2,1H3. The molecule has 3 fully saturated rings. The topological polar surface area (TPSA) is 55.4 Å². The third-order valence-corrected chi connectivity index (χ3v) is 7.66. The molecule has 4 nitrogen and oxygen atoms in total. The Labute approximate surface area is 128 Å². The highest BCUT2D eigenvalue weighted by atomic mass is 32.2. The first-order valence-corrected chi connectivity index (χ1v) is 10.5. The number of nitrogens with one attached hydrogen (secondary N) is 1. The van der Waals surface area contributed by atoms with Crippen molar-refractivity contribution in [1.29, 1.82) is 0 Å². The molecular weight excluding hydrogens is 286 g/mol. The van der Waals surface area contributed by atoms with E-state index in [0.717, 1.165) is 25.9 Å². The third kappa shape index (κ3) is 3.15. The lowest BCUT2D eigenvalue weighted by Gasteiger charge is -2.58. The Morgan fingerprint density at radius 2 is 1.95 bits per heavy atom. The number of ether oxygens (including phenoxy) is 1. The van der Waals surface area contributed by atoms with Crippen molar-refractivity contribution in [3.8, 4) is 0 Å². The van der Waals surface area contributed by atoms with Gasteiger partial charge in [-0.1, -0.05) is 19.3 Å². The highest BCUT2D eigenvalue weighted by Gasteiger charge is 2.55. The van der Waals surface area contributed by atoms with E-state index in [9.17, 15) is 8.42 Å². The van der Waals surface area contributed by atoms with Crippen LogP contribution in [0.2, 0.25) is 0 Å². The summed E-state index contributed by atoms with van der Waals surface area (Å²) in [6.07, 6.45) is 9.69. The van der Waals surface area contributed by atoms with Crippen molar-refractivity contribution in [3.05, 3.63) is 0 Å². The fourth-order valence-corrected chi connectivity index (χ4v) is 6.38. The lowest BCUT2D eigenvalue weighted by molar-refractivity contribution is -0.151. The van der Waals surface area contributed by atoms with E-state index in [-0.39, 0.29) is 11.5 Å². The largest absolute Gasteiger partial charge is 0.378 e. The van der Waals surface area contributed by atoms with Gasteiger partial charge in [-0.15, -0.1) is 0 Å². The quantitative estimate of drug-likeness (QED) is 0.865. The summed E-state index contributed by atoms with van der Waals surface area (Å²) >= 11 is 0. The predicted octanol–water partition coefficient (Wildman–Crippen LogP) is 2.28. The molecule has 1 spiro atoms. The molecule has 2 aliphatic carbocycles. The van der Waals surface area contributed by atoms with Crippen molar-refractivity contribution in [2.24, 2.45) is 5.41 Å². The molecule has 0 aromatic carbocycles. The zero-order chi connectivity index (χ0) is 14.9. The van der Waals surface area contributed by atoms with Gasteiger partial charge in [0.05, 0.1) is 17.6 Å². The van der Waals surface area contributed by atoms with Gasteiger partial charge < -0.3 is 10.1 Å². The number of sulfone groups is 1. The number of rotatable bonds is 4. The minimum Gasteiger partial charge on any atom is -0.378 e. The fraction of sp³-hybridized carbons (Fsp3) is 1.00. The molecule has 0 bridgehead atoms. The molecule has 3 unspecified atom stereocenters. The van der Waals surface area contributed by atoms with Gasteiger partial charge in [-0.2, -0.15) is 0 Å². The minimum atomic E-state index is -2.82. The molecule has 0 amide bonds. The zero-order valence-corrected chi connectivity index (χ0v) is 14.0. The Bertz CT molecular complexity index is 456. The van der Waals surface area contributed by atoms with Gasteiger partial charge >= 0.3 is 0 Å². The molecule has 3 aliphatic rings. The van der Waals surface area contributed by atoms with Gasteiger partial charge in [0.15, 0.2) is 9.84 Å². The van der Waals surface area contributed by atoms with Crippen molar-refractivity contribution in [2.75, 3.05) is 18.1 Å². The summed E-state index contributed by atoms with van der Waals surface area (Å²) in [5.74, 6) is 0.710. The van der Waals surface area contributed by atoms with Crippen LogP contribution in [0.1, 0.15) is 58.3 Å². The van der Waals surface area contributed by atoms with Crippen LogP contribution in [0, 0.1) is 5.41 Å². The van der Waals surface area contributed by atoms with Crippen LogP contribution in [0.3, 0.4) is 0 Å². The monoisotopic (exact) mass is 315 g/mol. The first kappa shape index (κ1) is 15.8. The van der Waals surface area contributed by atoms with E-state index in [4.69, 9.17) is 4.74 Å². The molecule has 1 saturated heterocycles. The van der Waals surface area contributed by atoms with Crippen LogP contribution < -0.4 is 5.32 Å². The third-order valence-electron chi connectivity index (χ3n) is 5.84. The summed E-state index contributed by atoms with van der Waals surface area (Å²) in [5, 5.41) is 3.70. The van der Waals surface area contributed by atoms with Crippen LogP contribution >= 0.6 is 0 Å². The normalized spacial score (nSPS) is 38.0. The summed E-state index contributed by atoms with van der Waals surface area (Å²) in [5.41, 5.74) is 0.287. The summed E-state index contributed by atoms with van der Waals surface area (Å²) in [6.45, 7) is 2.86. The van der Waals surface area contributed by atoms with E-state index in [0.29, 0.717) is 23.7 Å². The van der Waals surface area contributed by atoms with Crippen molar-refractivity contribution in [2.45, 2.75) is 76.5 Å². The van der Waals surface area contributed by atoms with Crippen LogP contribution in [-0.4, -0.2) is 44.7 Å². The average Bonchev–Trinajstić information content (AvgIpc) is 2.46. The highest BCUT2D eigenvalue weighted by molar-refractivity contribution is 7.91. The Balaban J connectivity index is 1.65. The highest BCUT2D eigenvalue weighted by Crippen LogP contribution is 2.53. The van der Waals surface area contributed by atoms with Gasteiger partial charge in [0.25, 0.3) is 0 Å². The molecule has 2 saturated carbocycles. The second-order valence-electron chi connectivity index (χ2n) is 7.15. The van der Waals surface area contributed by atoms with Gasteiger partial charge in [-0.25, -0.2) is 8.42 Å². The Kier molecular flexibility index (Phi) is 4.63. The minimum absolute atomic E-state index is 0.162. The van der Waals surface area contributed by atoms with Crippen molar-refractivity contribution in [1.82, 2.24) is 5.32 Å². The number of hydrogen-bond donors (Lipinski definition) is 1. The molecule has 21 heavy (non-hydrogen) atoms. The lowest BCUT2D eigenvalue weighted by atomic mass is 9.55. The summed E-state index contributed by atoms with van der Waals surface area (Å²) in [6, 6.07) is 0.628. The van der Waals surface area contributed by atoms with E-state index < -0.39 is 9.84 Å². The second-order valence-corrected chi connectivity index (χ2v) is 9.37.